The van der Waals surface area contributed by atoms with E-state index in [-0.39, 0.29) is 5.91 Å². The van der Waals surface area contributed by atoms with Crippen LogP contribution >= 0.6 is 0 Å². The maximum atomic E-state index is 12.7. The summed E-state index contributed by atoms with van der Waals surface area (Å²) in [6, 6.07) is 7.45. The number of benzene rings is 1. The fraction of sp³-hybridized carbons (Fsp3) is 0.611. The van der Waals surface area contributed by atoms with E-state index in [4.69, 9.17) is 9.47 Å². The summed E-state index contributed by atoms with van der Waals surface area (Å²) in [5, 5.41) is 0. The Balaban J connectivity index is 1.53. The highest BCUT2D eigenvalue weighted by Gasteiger charge is 2.25. The molecule has 5 nitrogen and oxygen atoms in total. The van der Waals surface area contributed by atoms with Crippen LogP contribution in [-0.2, 0) is 4.74 Å². The lowest BCUT2D eigenvalue weighted by atomic mass is 10.0. The molecule has 3 rings (SSSR count). The monoisotopic (exact) mass is 318 g/mol. The SMILES string of the molecule is COc1ccccc1C(=O)N1CCN(CC2CCCOC2)CC1. The Morgan fingerprint density at radius 2 is 2.04 bits per heavy atom. The number of carbonyl (C=O) groups excluding carboxylic acids is 1. The summed E-state index contributed by atoms with van der Waals surface area (Å²) in [5.41, 5.74) is 0.657. The normalized spacial score (nSPS) is 22.8. The van der Waals surface area contributed by atoms with Crippen LogP contribution in [0.4, 0.5) is 0 Å². The molecule has 2 heterocycles. The molecule has 1 aromatic carbocycles. The summed E-state index contributed by atoms with van der Waals surface area (Å²) in [6.45, 7) is 6.35. The molecule has 5 heteroatoms. The van der Waals surface area contributed by atoms with Crippen molar-refractivity contribution in [2.24, 2.45) is 5.92 Å². The minimum Gasteiger partial charge on any atom is -0.496 e. The Bertz CT molecular complexity index is 521. The van der Waals surface area contributed by atoms with Gasteiger partial charge in [-0.25, -0.2) is 0 Å². The number of hydrogen-bond donors (Lipinski definition) is 0. The molecule has 1 amide bonds. The second kappa shape index (κ2) is 7.79. The zero-order chi connectivity index (χ0) is 16.1. The number of carbonyl (C=O) groups is 1. The van der Waals surface area contributed by atoms with Gasteiger partial charge >= 0.3 is 0 Å². The molecule has 0 N–H and O–H groups in total. The van der Waals surface area contributed by atoms with E-state index >= 15 is 0 Å². The second-order valence-corrected chi connectivity index (χ2v) is 6.38. The Labute approximate surface area is 138 Å². The fourth-order valence-electron chi connectivity index (χ4n) is 3.44. The quantitative estimate of drug-likeness (QED) is 0.850. The third-order valence-electron chi connectivity index (χ3n) is 4.77. The van der Waals surface area contributed by atoms with Gasteiger partial charge in [0.15, 0.2) is 0 Å². The lowest BCUT2D eigenvalue weighted by Gasteiger charge is -2.37. The average Bonchev–Trinajstić information content (AvgIpc) is 2.62. The summed E-state index contributed by atoms with van der Waals surface area (Å²) in [7, 11) is 1.61. The molecule has 0 saturated carbocycles. The van der Waals surface area contributed by atoms with Crippen molar-refractivity contribution in [2.75, 3.05) is 53.0 Å². The van der Waals surface area contributed by atoms with E-state index in [0.29, 0.717) is 17.2 Å². The van der Waals surface area contributed by atoms with Crippen molar-refractivity contribution < 1.29 is 14.3 Å². The van der Waals surface area contributed by atoms with Crippen molar-refractivity contribution in [3.05, 3.63) is 29.8 Å². The summed E-state index contributed by atoms with van der Waals surface area (Å²) in [6.07, 6.45) is 2.44. The van der Waals surface area contributed by atoms with Gasteiger partial charge in [0.05, 0.1) is 19.3 Å². The van der Waals surface area contributed by atoms with Gasteiger partial charge in [-0.05, 0) is 30.9 Å². The number of para-hydroxylation sites is 1. The predicted molar refractivity (Wildman–Crippen MR) is 88.9 cm³/mol. The number of rotatable bonds is 4. The Morgan fingerprint density at radius 3 is 2.74 bits per heavy atom. The van der Waals surface area contributed by atoms with Crippen LogP contribution in [-0.4, -0.2) is 68.8 Å². The Morgan fingerprint density at radius 1 is 1.26 bits per heavy atom. The van der Waals surface area contributed by atoms with Crippen LogP contribution in [0.1, 0.15) is 23.2 Å². The number of nitrogens with zero attached hydrogens (tertiary/aromatic N) is 2. The number of amides is 1. The first-order valence-corrected chi connectivity index (χ1v) is 8.50. The smallest absolute Gasteiger partial charge is 0.257 e. The van der Waals surface area contributed by atoms with Gasteiger partial charge in [0.25, 0.3) is 5.91 Å². The highest BCUT2D eigenvalue weighted by Crippen LogP contribution is 2.21. The first kappa shape index (κ1) is 16.3. The highest BCUT2D eigenvalue weighted by atomic mass is 16.5. The zero-order valence-electron chi connectivity index (χ0n) is 13.9. The first-order chi connectivity index (χ1) is 11.3. The van der Waals surface area contributed by atoms with Crippen LogP contribution in [0.3, 0.4) is 0 Å². The maximum Gasteiger partial charge on any atom is 0.257 e. The van der Waals surface area contributed by atoms with Gasteiger partial charge < -0.3 is 14.4 Å². The Kier molecular flexibility index (Phi) is 5.51. The summed E-state index contributed by atoms with van der Waals surface area (Å²) >= 11 is 0. The van der Waals surface area contributed by atoms with Crippen molar-refractivity contribution in [2.45, 2.75) is 12.8 Å². The summed E-state index contributed by atoms with van der Waals surface area (Å²) in [5.74, 6) is 1.38. The van der Waals surface area contributed by atoms with E-state index < -0.39 is 0 Å². The molecule has 23 heavy (non-hydrogen) atoms. The van der Waals surface area contributed by atoms with Crippen molar-refractivity contribution >= 4 is 5.91 Å². The molecule has 0 spiro atoms. The minimum atomic E-state index is 0.0723. The molecular formula is C18H26N2O3. The van der Waals surface area contributed by atoms with Gasteiger partial charge in [-0.1, -0.05) is 12.1 Å². The highest BCUT2D eigenvalue weighted by molar-refractivity contribution is 5.97. The van der Waals surface area contributed by atoms with Crippen molar-refractivity contribution in [3.63, 3.8) is 0 Å². The van der Waals surface area contributed by atoms with Gasteiger partial charge in [-0.3, -0.25) is 9.69 Å². The lowest BCUT2D eigenvalue weighted by Crippen LogP contribution is -2.50. The van der Waals surface area contributed by atoms with Crippen LogP contribution in [0.2, 0.25) is 0 Å². The molecule has 1 atom stereocenters. The molecule has 2 aliphatic rings. The van der Waals surface area contributed by atoms with Crippen molar-refractivity contribution in [1.82, 2.24) is 9.80 Å². The number of hydrogen-bond acceptors (Lipinski definition) is 4. The van der Waals surface area contributed by atoms with Gasteiger partial charge in [-0.2, -0.15) is 0 Å². The predicted octanol–water partition coefficient (Wildman–Crippen LogP) is 1.88. The average molecular weight is 318 g/mol. The standard InChI is InChI=1S/C18H26N2O3/c1-22-17-7-3-2-6-16(17)18(21)20-10-8-19(9-11-20)13-15-5-4-12-23-14-15/h2-3,6-7,15H,4-5,8-14H2,1H3. The van der Waals surface area contributed by atoms with Crippen LogP contribution in [0.15, 0.2) is 24.3 Å². The summed E-state index contributed by atoms with van der Waals surface area (Å²) in [4.78, 5) is 17.1. The minimum absolute atomic E-state index is 0.0723. The van der Waals surface area contributed by atoms with Crippen LogP contribution in [0.25, 0.3) is 0 Å². The molecule has 0 aliphatic carbocycles. The molecule has 2 aliphatic heterocycles. The second-order valence-electron chi connectivity index (χ2n) is 6.38. The van der Waals surface area contributed by atoms with E-state index in [0.717, 1.165) is 45.9 Å². The van der Waals surface area contributed by atoms with E-state index in [9.17, 15) is 4.79 Å². The van der Waals surface area contributed by atoms with Crippen molar-refractivity contribution in [3.8, 4) is 5.75 Å². The van der Waals surface area contributed by atoms with Gasteiger partial charge in [0.2, 0.25) is 0 Å². The Hall–Kier alpha value is -1.59. The van der Waals surface area contributed by atoms with Crippen LogP contribution in [0, 0.1) is 5.92 Å². The number of methoxy groups -OCH3 is 1. The van der Waals surface area contributed by atoms with Crippen LogP contribution < -0.4 is 4.74 Å². The molecular weight excluding hydrogens is 292 g/mol. The zero-order valence-corrected chi connectivity index (χ0v) is 13.9. The molecule has 1 aromatic rings. The number of piperazine rings is 1. The van der Waals surface area contributed by atoms with Gasteiger partial charge in [-0.15, -0.1) is 0 Å². The third-order valence-corrected chi connectivity index (χ3v) is 4.77. The third kappa shape index (κ3) is 4.03. The fourth-order valence-corrected chi connectivity index (χ4v) is 3.44. The van der Waals surface area contributed by atoms with Gasteiger partial charge in [0.1, 0.15) is 5.75 Å². The van der Waals surface area contributed by atoms with E-state index in [1.54, 1.807) is 7.11 Å². The molecule has 2 saturated heterocycles. The molecule has 0 aromatic heterocycles. The molecule has 0 bridgehead atoms. The molecule has 2 fully saturated rings. The van der Waals surface area contributed by atoms with E-state index in [1.165, 1.54) is 12.8 Å². The van der Waals surface area contributed by atoms with Crippen LogP contribution in [0.5, 0.6) is 5.75 Å². The largest absolute Gasteiger partial charge is 0.496 e. The van der Waals surface area contributed by atoms with Crippen molar-refractivity contribution in [1.29, 1.82) is 0 Å². The first-order valence-electron chi connectivity index (χ1n) is 8.50. The number of ether oxygens (including phenoxy) is 2. The maximum absolute atomic E-state index is 12.7. The molecule has 126 valence electrons. The van der Waals surface area contributed by atoms with E-state index in [1.807, 2.05) is 29.2 Å². The molecule has 0 radical (unpaired) electrons. The summed E-state index contributed by atoms with van der Waals surface area (Å²) < 4.78 is 10.9. The lowest BCUT2D eigenvalue weighted by molar-refractivity contribution is 0.0274. The van der Waals surface area contributed by atoms with E-state index in [2.05, 4.69) is 4.90 Å². The topological polar surface area (TPSA) is 42.0 Å². The molecule has 1 unspecified atom stereocenters. The van der Waals surface area contributed by atoms with Gasteiger partial charge in [0, 0.05) is 39.3 Å².